The Labute approximate surface area is 113 Å². The predicted octanol–water partition coefficient (Wildman–Crippen LogP) is 0.411. The van der Waals surface area contributed by atoms with Gasteiger partial charge >= 0.3 is 0 Å². The van der Waals surface area contributed by atoms with Crippen LogP contribution in [0.15, 0.2) is 34.1 Å². The van der Waals surface area contributed by atoms with Gasteiger partial charge in [-0.15, -0.1) is 0 Å². The Morgan fingerprint density at radius 1 is 1.16 bits per heavy atom. The second kappa shape index (κ2) is 4.86. The van der Waals surface area contributed by atoms with Crippen molar-refractivity contribution in [1.29, 1.82) is 0 Å². The largest absolute Gasteiger partial charge is 0.240 e. The van der Waals surface area contributed by atoms with Crippen LogP contribution in [0.4, 0.5) is 0 Å². The van der Waals surface area contributed by atoms with E-state index in [1.807, 2.05) is 6.92 Å². The van der Waals surface area contributed by atoms with Crippen molar-refractivity contribution < 1.29 is 16.8 Å². The van der Waals surface area contributed by atoms with E-state index in [0.29, 0.717) is 5.92 Å². The summed E-state index contributed by atoms with van der Waals surface area (Å²) >= 11 is 0. The molecule has 1 saturated carbocycles. The smallest absolute Gasteiger partial charge is 0.225 e. The van der Waals surface area contributed by atoms with Crippen molar-refractivity contribution in [3.8, 4) is 0 Å². The van der Waals surface area contributed by atoms with Gasteiger partial charge in [0.1, 0.15) is 0 Å². The molecule has 0 spiro atoms. The topological polar surface area (TPSA) is 106 Å². The third-order valence-corrected chi connectivity index (χ3v) is 5.65. The molecule has 1 aliphatic rings. The van der Waals surface area contributed by atoms with Crippen LogP contribution in [0, 0.1) is 5.92 Å². The quantitative estimate of drug-likeness (QED) is 0.821. The van der Waals surface area contributed by atoms with Gasteiger partial charge in [0.15, 0.2) is 0 Å². The molecule has 0 aromatic heterocycles. The number of primary sulfonamides is 1. The number of hydrogen-bond acceptors (Lipinski definition) is 4. The van der Waals surface area contributed by atoms with Crippen LogP contribution in [0.25, 0.3) is 0 Å². The van der Waals surface area contributed by atoms with E-state index in [1.54, 1.807) is 0 Å². The van der Waals surface area contributed by atoms with E-state index in [4.69, 9.17) is 5.14 Å². The molecule has 8 heteroatoms. The van der Waals surface area contributed by atoms with Crippen molar-refractivity contribution in [3.63, 3.8) is 0 Å². The minimum absolute atomic E-state index is 0.00656. The normalized spacial score (nSPS) is 23.3. The lowest BCUT2D eigenvalue weighted by Gasteiger charge is -2.06. The Hall–Kier alpha value is -0.960. The zero-order valence-electron chi connectivity index (χ0n) is 10.4. The first kappa shape index (κ1) is 14.4. The lowest BCUT2D eigenvalue weighted by atomic mass is 10.3. The Bertz CT molecular complexity index is 665. The fraction of sp³-hybridized carbons (Fsp3) is 0.455. The second-order valence-corrected chi connectivity index (χ2v) is 7.92. The maximum absolute atomic E-state index is 12.0. The molecule has 3 N–H and O–H groups in total. The first-order valence-electron chi connectivity index (χ1n) is 5.89. The highest BCUT2D eigenvalue weighted by atomic mass is 32.2. The average molecular weight is 304 g/mol. The third-order valence-electron chi connectivity index (χ3n) is 3.22. The first-order chi connectivity index (χ1) is 8.74. The minimum atomic E-state index is -3.80. The molecule has 0 saturated heterocycles. The van der Waals surface area contributed by atoms with Crippen molar-refractivity contribution in [3.05, 3.63) is 24.3 Å². The summed E-state index contributed by atoms with van der Waals surface area (Å²) in [4.78, 5) is -0.0639. The SMILES string of the molecule is CCC1CC1NS(=O)(=O)c1ccc(S(N)(=O)=O)cc1. The molecule has 1 aromatic carbocycles. The molecule has 19 heavy (non-hydrogen) atoms. The number of benzene rings is 1. The number of hydrogen-bond donors (Lipinski definition) is 2. The van der Waals surface area contributed by atoms with Gasteiger partial charge in [-0.05, 0) is 36.6 Å². The standard InChI is InChI=1S/C11H16N2O4S2/c1-2-8-7-11(8)13-19(16,17)10-5-3-9(4-6-10)18(12,14)15/h3-6,8,11,13H,2,7H2,1H3,(H2,12,14,15). The van der Waals surface area contributed by atoms with E-state index in [-0.39, 0.29) is 15.8 Å². The van der Waals surface area contributed by atoms with Gasteiger partial charge in [-0.2, -0.15) is 0 Å². The number of rotatable bonds is 5. The molecule has 1 aliphatic carbocycles. The average Bonchev–Trinajstić information content (AvgIpc) is 3.06. The fourth-order valence-corrected chi connectivity index (χ4v) is 3.75. The Balaban J connectivity index is 2.18. The molecule has 106 valence electrons. The lowest BCUT2D eigenvalue weighted by Crippen LogP contribution is -2.27. The van der Waals surface area contributed by atoms with Crippen molar-refractivity contribution in [2.45, 2.75) is 35.6 Å². The highest BCUT2D eigenvalue weighted by Gasteiger charge is 2.38. The predicted molar refractivity (Wildman–Crippen MR) is 70.3 cm³/mol. The van der Waals surface area contributed by atoms with Crippen LogP contribution >= 0.6 is 0 Å². The molecular weight excluding hydrogens is 288 g/mol. The van der Waals surface area contributed by atoms with Gasteiger partial charge in [0.2, 0.25) is 20.0 Å². The molecule has 1 fully saturated rings. The summed E-state index contributed by atoms with van der Waals surface area (Å²) < 4.78 is 48.8. The maximum Gasteiger partial charge on any atom is 0.240 e. The van der Waals surface area contributed by atoms with Crippen LogP contribution in [-0.4, -0.2) is 22.9 Å². The molecule has 0 amide bonds. The van der Waals surface area contributed by atoms with E-state index in [2.05, 4.69) is 4.72 Å². The zero-order valence-corrected chi connectivity index (χ0v) is 12.0. The summed E-state index contributed by atoms with van der Waals surface area (Å²) in [5, 5.41) is 4.95. The molecule has 1 aromatic rings. The fourth-order valence-electron chi connectivity index (χ4n) is 1.92. The van der Waals surface area contributed by atoms with E-state index in [0.717, 1.165) is 12.8 Å². The van der Waals surface area contributed by atoms with Gasteiger partial charge < -0.3 is 0 Å². The molecule has 2 unspecified atom stereocenters. The number of nitrogens with one attached hydrogen (secondary N) is 1. The number of sulfonamides is 2. The summed E-state index contributed by atoms with van der Waals surface area (Å²) in [7, 11) is -7.39. The van der Waals surface area contributed by atoms with Crippen LogP contribution in [0.1, 0.15) is 19.8 Å². The highest BCUT2D eigenvalue weighted by Crippen LogP contribution is 2.34. The third kappa shape index (κ3) is 3.33. The van der Waals surface area contributed by atoms with Crippen LogP contribution in [-0.2, 0) is 20.0 Å². The van der Waals surface area contributed by atoms with Crippen LogP contribution in [0.3, 0.4) is 0 Å². The summed E-state index contributed by atoms with van der Waals surface area (Å²) in [6.45, 7) is 2.01. The molecule has 2 atom stereocenters. The Kier molecular flexibility index (Phi) is 3.69. The van der Waals surface area contributed by atoms with Gasteiger partial charge in [-0.3, -0.25) is 0 Å². The molecule has 0 bridgehead atoms. The second-order valence-electron chi connectivity index (χ2n) is 4.65. The zero-order chi connectivity index (χ0) is 14.3. The number of nitrogens with two attached hydrogens (primary N) is 1. The van der Waals surface area contributed by atoms with Gasteiger partial charge in [0.25, 0.3) is 0 Å². The summed E-state index contributed by atoms with van der Waals surface area (Å²) in [5.74, 6) is 0.401. The molecule has 0 heterocycles. The van der Waals surface area contributed by atoms with Gasteiger partial charge in [0, 0.05) is 6.04 Å². The molecule has 0 radical (unpaired) electrons. The maximum atomic E-state index is 12.0. The van der Waals surface area contributed by atoms with Gasteiger partial charge in [-0.1, -0.05) is 13.3 Å². The van der Waals surface area contributed by atoms with Crippen LogP contribution in [0.5, 0.6) is 0 Å². The summed E-state index contributed by atoms with van der Waals surface area (Å²) in [5.41, 5.74) is 0. The Morgan fingerprint density at radius 3 is 2.11 bits per heavy atom. The van der Waals surface area contributed by atoms with Crippen molar-refractivity contribution in [2.75, 3.05) is 0 Å². The van der Waals surface area contributed by atoms with Crippen molar-refractivity contribution >= 4 is 20.0 Å². The minimum Gasteiger partial charge on any atom is -0.225 e. The van der Waals surface area contributed by atoms with E-state index < -0.39 is 20.0 Å². The molecular formula is C11H16N2O4S2. The van der Waals surface area contributed by atoms with E-state index >= 15 is 0 Å². The van der Waals surface area contributed by atoms with Gasteiger partial charge in [0.05, 0.1) is 9.79 Å². The van der Waals surface area contributed by atoms with Crippen LogP contribution in [0.2, 0.25) is 0 Å². The highest BCUT2D eigenvalue weighted by molar-refractivity contribution is 7.89. The van der Waals surface area contributed by atoms with Crippen molar-refractivity contribution in [2.24, 2.45) is 11.1 Å². The molecule has 6 nitrogen and oxygen atoms in total. The Morgan fingerprint density at radius 2 is 1.68 bits per heavy atom. The first-order valence-corrected chi connectivity index (χ1v) is 8.92. The van der Waals surface area contributed by atoms with Crippen LogP contribution < -0.4 is 9.86 Å². The monoisotopic (exact) mass is 304 g/mol. The molecule has 0 aliphatic heterocycles. The summed E-state index contributed by atoms with van der Waals surface area (Å²) in [6, 6.07) is 4.85. The van der Waals surface area contributed by atoms with Crippen molar-refractivity contribution in [1.82, 2.24) is 4.72 Å². The summed E-state index contributed by atoms with van der Waals surface area (Å²) in [6.07, 6.45) is 1.79. The molecule has 2 rings (SSSR count). The lowest BCUT2D eigenvalue weighted by molar-refractivity contribution is 0.575. The van der Waals surface area contributed by atoms with E-state index in [1.165, 1.54) is 24.3 Å². The van der Waals surface area contributed by atoms with Gasteiger partial charge in [-0.25, -0.2) is 26.7 Å². The van der Waals surface area contributed by atoms with E-state index in [9.17, 15) is 16.8 Å².